The summed E-state index contributed by atoms with van der Waals surface area (Å²) in [6, 6.07) is 9.64. The number of amides is 1. The van der Waals surface area contributed by atoms with Crippen molar-refractivity contribution in [2.75, 3.05) is 17.7 Å². The van der Waals surface area contributed by atoms with Gasteiger partial charge in [-0.2, -0.15) is 12.6 Å². The third kappa shape index (κ3) is 6.02. The first-order valence-electron chi connectivity index (χ1n) is 7.85. The van der Waals surface area contributed by atoms with Gasteiger partial charge in [0.25, 0.3) is 0 Å². The molecule has 1 N–H and O–H groups in total. The van der Waals surface area contributed by atoms with Gasteiger partial charge >= 0.3 is 0 Å². The Balaban J connectivity index is 0.000000268. The number of aryl methyl sites for hydroxylation is 2. The van der Waals surface area contributed by atoms with Crippen molar-refractivity contribution in [3.8, 4) is 5.75 Å². The lowest BCUT2D eigenvalue weighted by molar-refractivity contribution is -0.116. The Morgan fingerprint density at radius 2 is 2.13 bits per heavy atom. The number of anilines is 1. The van der Waals surface area contributed by atoms with E-state index in [1.807, 2.05) is 37.3 Å². The zero-order valence-corrected chi connectivity index (χ0v) is 14.3. The summed E-state index contributed by atoms with van der Waals surface area (Å²) < 4.78 is 10.5. The van der Waals surface area contributed by atoms with E-state index in [1.165, 1.54) is 0 Å². The number of benzene rings is 1. The van der Waals surface area contributed by atoms with Gasteiger partial charge in [-0.3, -0.25) is 4.79 Å². The number of unbranched alkanes of at least 4 members (excludes halogenated alkanes) is 1. The molecule has 0 saturated heterocycles. The third-order valence-electron chi connectivity index (χ3n) is 3.46. The average molecular weight is 333 g/mol. The highest BCUT2D eigenvalue weighted by Crippen LogP contribution is 2.26. The molecule has 1 aromatic carbocycles. The van der Waals surface area contributed by atoms with Gasteiger partial charge in [-0.25, -0.2) is 0 Å². The number of fused-ring (bicyclic) bond motifs is 1. The minimum Gasteiger partial charge on any atom is -0.494 e. The first kappa shape index (κ1) is 17.5. The fourth-order valence-electron chi connectivity index (χ4n) is 2.21. The van der Waals surface area contributed by atoms with Crippen molar-refractivity contribution in [1.29, 1.82) is 0 Å². The highest BCUT2D eigenvalue weighted by molar-refractivity contribution is 7.80. The molecule has 1 aromatic heterocycles. The molecular formula is C18H23NO3S. The van der Waals surface area contributed by atoms with Crippen molar-refractivity contribution in [2.45, 2.75) is 32.6 Å². The van der Waals surface area contributed by atoms with Gasteiger partial charge in [0.2, 0.25) is 5.91 Å². The minimum absolute atomic E-state index is 0.0972. The molecule has 3 rings (SSSR count). The van der Waals surface area contributed by atoms with Crippen LogP contribution in [0.15, 0.2) is 41.0 Å². The first-order valence-corrected chi connectivity index (χ1v) is 8.49. The number of nitrogens with one attached hydrogen (secondary N) is 1. The van der Waals surface area contributed by atoms with Crippen molar-refractivity contribution in [2.24, 2.45) is 0 Å². The van der Waals surface area contributed by atoms with Gasteiger partial charge < -0.3 is 14.5 Å². The molecule has 0 bridgehead atoms. The van der Waals surface area contributed by atoms with E-state index in [9.17, 15) is 4.79 Å². The lowest BCUT2D eigenvalue weighted by Gasteiger charge is -2.17. The highest BCUT2D eigenvalue weighted by Gasteiger charge is 2.14. The van der Waals surface area contributed by atoms with Gasteiger partial charge in [0.15, 0.2) is 0 Å². The molecule has 5 heteroatoms. The lowest BCUT2D eigenvalue weighted by Crippen LogP contribution is -2.18. The molecule has 0 atom stereocenters. The lowest BCUT2D eigenvalue weighted by atomic mass is 10.0. The van der Waals surface area contributed by atoms with Gasteiger partial charge in [0.1, 0.15) is 11.5 Å². The van der Waals surface area contributed by atoms with Crippen LogP contribution in [-0.2, 0) is 11.2 Å². The Bertz CT molecular complexity index is 611. The highest BCUT2D eigenvalue weighted by atomic mass is 32.1. The second-order valence-corrected chi connectivity index (χ2v) is 5.82. The number of carbonyl (C=O) groups is 1. The summed E-state index contributed by atoms with van der Waals surface area (Å²) in [4.78, 5) is 11.2. The molecule has 0 aliphatic carbocycles. The van der Waals surface area contributed by atoms with Crippen LogP contribution in [0.4, 0.5) is 5.69 Å². The topological polar surface area (TPSA) is 51.5 Å². The Hall–Kier alpha value is -1.88. The van der Waals surface area contributed by atoms with Crippen LogP contribution in [0.5, 0.6) is 5.75 Å². The summed E-state index contributed by atoms with van der Waals surface area (Å²) >= 11 is 4.16. The molecule has 0 unspecified atom stereocenters. The number of carbonyl (C=O) groups excluding carboxylic acids is 1. The Labute approximate surface area is 142 Å². The normalized spacial score (nSPS) is 12.7. The monoisotopic (exact) mass is 333 g/mol. The van der Waals surface area contributed by atoms with Gasteiger partial charge in [-0.15, -0.1) is 0 Å². The van der Waals surface area contributed by atoms with Crippen molar-refractivity contribution < 1.29 is 13.9 Å². The molecule has 23 heavy (non-hydrogen) atoms. The molecular weight excluding hydrogens is 310 g/mol. The van der Waals surface area contributed by atoms with Crippen LogP contribution >= 0.6 is 12.6 Å². The average Bonchev–Trinajstić information content (AvgIpc) is 3.03. The van der Waals surface area contributed by atoms with Crippen LogP contribution in [0.2, 0.25) is 0 Å². The standard InChI is InChI=1S/C13H17NO2S.C5H6O/c15-13-6-3-10-9-11(4-5-12(10)14-13)16-7-1-2-8-17;1-5-3-2-4-6-5/h4-5,9,17H,1-3,6-8H2,(H,14,15);2-4H,1H3. The predicted molar refractivity (Wildman–Crippen MR) is 95.4 cm³/mol. The van der Waals surface area contributed by atoms with Gasteiger partial charge in [0.05, 0.1) is 12.9 Å². The van der Waals surface area contributed by atoms with Crippen LogP contribution in [-0.4, -0.2) is 18.3 Å². The van der Waals surface area contributed by atoms with Crippen LogP contribution in [0.25, 0.3) is 0 Å². The fourth-order valence-corrected chi connectivity index (χ4v) is 2.44. The van der Waals surface area contributed by atoms with Gasteiger partial charge in [-0.1, -0.05) is 0 Å². The molecule has 1 amide bonds. The SMILES string of the molecule is Cc1ccco1.O=C1CCc2cc(OCCCCS)ccc2N1. The zero-order chi connectivity index (χ0) is 16.5. The van der Waals surface area contributed by atoms with E-state index in [4.69, 9.17) is 9.15 Å². The van der Waals surface area contributed by atoms with Crippen molar-refractivity contribution in [3.05, 3.63) is 47.9 Å². The number of ether oxygens (including phenoxy) is 1. The van der Waals surface area contributed by atoms with E-state index in [-0.39, 0.29) is 5.91 Å². The zero-order valence-electron chi connectivity index (χ0n) is 13.4. The number of rotatable bonds is 5. The number of furan rings is 1. The second kappa shape index (κ2) is 9.30. The maximum atomic E-state index is 11.2. The maximum absolute atomic E-state index is 11.2. The van der Waals surface area contributed by atoms with Crippen LogP contribution in [0, 0.1) is 6.92 Å². The van der Waals surface area contributed by atoms with Crippen LogP contribution in [0.1, 0.15) is 30.6 Å². The molecule has 0 spiro atoms. The number of hydrogen-bond acceptors (Lipinski definition) is 4. The number of thiol groups is 1. The quantitative estimate of drug-likeness (QED) is 0.635. The molecule has 2 heterocycles. The van der Waals surface area contributed by atoms with E-state index in [0.717, 1.165) is 54.4 Å². The molecule has 1 aliphatic heterocycles. The summed E-state index contributed by atoms with van der Waals surface area (Å²) in [5.41, 5.74) is 2.08. The summed E-state index contributed by atoms with van der Waals surface area (Å²) in [6.45, 7) is 2.64. The van der Waals surface area contributed by atoms with Crippen LogP contribution < -0.4 is 10.1 Å². The Morgan fingerprint density at radius 3 is 2.78 bits per heavy atom. The van der Waals surface area contributed by atoms with E-state index >= 15 is 0 Å². The molecule has 124 valence electrons. The maximum Gasteiger partial charge on any atom is 0.224 e. The van der Waals surface area contributed by atoms with Crippen molar-refractivity contribution in [1.82, 2.24) is 0 Å². The summed E-state index contributed by atoms with van der Waals surface area (Å²) in [7, 11) is 0. The Morgan fingerprint density at radius 1 is 1.26 bits per heavy atom. The molecule has 0 radical (unpaired) electrons. The minimum atomic E-state index is 0.0972. The summed E-state index contributed by atoms with van der Waals surface area (Å²) in [5, 5.41) is 2.86. The van der Waals surface area contributed by atoms with E-state index < -0.39 is 0 Å². The summed E-state index contributed by atoms with van der Waals surface area (Å²) in [5.74, 6) is 2.86. The van der Waals surface area contributed by atoms with Gasteiger partial charge in [-0.05, 0) is 67.8 Å². The van der Waals surface area contributed by atoms with Crippen molar-refractivity contribution in [3.63, 3.8) is 0 Å². The molecule has 2 aromatic rings. The molecule has 0 saturated carbocycles. The predicted octanol–water partition coefficient (Wildman–Crippen LogP) is 4.25. The van der Waals surface area contributed by atoms with Crippen molar-refractivity contribution >= 4 is 24.2 Å². The van der Waals surface area contributed by atoms with Crippen LogP contribution in [0.3, 0.4) is 0 Å². The smallest absolute Gasteiger partial charge is 0.224 e. The fraction of sp³-hybridized carbons (Fsp3) is 0.389. The van der Waals surface area contributed by atoms with Gasteiger partial charge in [0, 0.05) is 12.1 Å². The molecule has 1 aliphatic rings. The molecule has 0 fully saturated rings. The second-order valence-electron chi connectivity index (χ2n) is 5.37. The first-order chi connectivity index (χ1) is 11.2. The molecule has 4 nitrogen and oxygen atoms in total. The largest absolute Gasteiger partial charge is 0.494 e. The number of hydrogen-bond donors (Lipinski definition) is 2. The Kier molecular flexibility index (Phi) is 7.07. The third-order valence-corrected chi connectivity index (χ3v) is 3.77. The van der Waals surface area contributed by atoms with E-state index in [2.05, 4.69) is 17.9 Å². The van der Waals surface area contributed by atoms with E-state index in [1.54, 1.807) is 6.26 Å². The van der Waals surface area contributed by atoms with E-state index in [0.29, 0.717) is 6.42 Å². The summed E-state index contributed by atoms with van der Waals surface area (Å²) in [6.07, 6.45) is 5.13.